The fourth-order valence-corrected chi connectivity index (χ4v) is 4.75. The molecule has 0 radical (unpaired) electrons. The molecule has 2 amide bonds. The van der Waals surface area contributed by atoms with Gasteiger partial charge in [-0.25, -0.2) is 13.6 Å². The van der Waals surface area contributed by atoms with Gasteiger partial charge < -0.3 is 30.5 Å². The van der Waals surface area contributed by atoms with Crippen LogP contribution in [-0.2, 0) is 16.2 Å². The molecule has 0 aliphatic heterocycles. The van der Waals surface area contributed by atoms with Crippen molar-refractivity contribution in [1.82, 2.24) is 9.80 Å². The highest BCUT2D eigenvalue weighted by molar-refractivity contribution is 7.98. The number of nitrogens with zero attached hydrogens (tertiary/aromatic N) is 2. The predicted octanol–water partition coefficient (Wildman–Crippen LogP) is 6.44. The summed E-state index contributed by atoms with van der Waals surface area (Å²) in [6.07, 6.45) is -3.28. The molecule has 4 rings (SSSR count). The summed E-state index contributed by atoms with van der Waals surface area (Å²) < 4.78 is 64.9. The molecule has 0 saturated heterocycles. The Balaban J connectivity index is 0.000000480. The maximum Gasteiger partial charge on any atom is 0.490 e. The minimum Gasteiger partial charge on any atom is -0.489 e. The molecule has 10 nitrogen and oxygen atoms in total. The van der Waals surface area contributed by atoms with Crippen molar-refractivity contribution in [1.29, 1.82) is 0 Å². The van der Waals surface area contributed by atoms with E-state index in [9.17, 15) is 41.4 Å². The van der Waals surface area contributed by atoms with E-state index in [-0.39, 0.29) is 25.0 Å². The average Bonchev–Trinajstić information content (AvgIpc) is 3.10. The van der Waals surface area contributed by atoms with Gasteiger partial charge in [-0.05, 0) is 85.6 Å². The number of carbonyl (C=O) groups excluding carboxylic acids is 2. The zero-order chi connectivity index (χ0) is 39.0. The number of thioether (sulfide) groups is 1. The van der Waals surface area contributed by atoms with Crippen molar-refractivity contribution < 1.29 is 56.1 Å². The summed E-state index contributed by atoms with van der Waals surface area (Å²) in [5, 5.41) is 16.3. The van der Waals surface area contributed by atoms with Gasteiger partial charge in [-0.3, -0.25) is 14.4 Å². The molecule has 0 unspecified atom stereocenters. The van der Waals surface area contributed by atoms with Gasteiger partial charge in [0.1, 0.15) is 18.9 Å². The maximum atomic E-state index is 13.8. The molecule has 52 heavy (non-hydrogen) atoms. The largest absolute Gasteiger partial charge is 0.490 e. The highest BCUT2D eigenvalue weighted by atomic mass is 32.2. The molecule has 0 atom stereocenters. The van der Waals surface area contributed by atoms with E-state index in [1.54, 1.807) is 73.0 Å². The van der Waals surface area contributed by atoms with Crippen LogP contribution in [0.1, 0.15) is 26.3 Å². The van der Waals surface area contributed by atoms with Crippen molar-refractivity contribution in [3.05, 3.63) is 119 Å². The monoisotopic (exact) mass is 749 g/mol. The molecule has 278 valence electrons. The van der Waals surface area contributed by atoms with Crippen LogP contribution in [0.5, 0.6) is 5.75 Å². The Hall–Kier alpha value is -5.48. The number of carbonyl (C=O) groups is 4. The molecule has 4 N–H and O–H groups in total. The predicted molar refractivity (Wildman–Crippen MR) is 185 cm³/mol. The number of hydrogen-bond donors (Lipinski definition) is 3. The van der Waals surface area contributed by atoms with E-state index in [1.165, 1.54) is 28.8 Å². The van der Waals surface area contributed by atoms with Gasteiger partial charge in [-0.15, -0.1) is 11.8 Å². The van der Waals surface area contributed by atoms with Crippen LogP contribution in [0.15, 0.2) is 95.9 Å². The first-order valence-corrected chi connectivity index (χ1v) is 16.3. The summed E-state index contributed by atoms with van der Waals surface area (Å²) >= 11 is 1.33. The Morgan fingerprint density at radius 2 is 1.38 bits per heavy atom. The Morgan fingerprint density at radius 3 is 1.88 bits per heavy atom. The molecular formula is C36H36F5N3O7S. The first kappa shape index (κ1) is 42.7. The molecule has 0 aliphatic rings. The molecule has 0 heterocycles. The number of rotatable bonds is 12. The van der Waals surface area contributed by atoms with Crippen LogP contribution >= 0.6 is 11.8 Å². The molecule has 16 heteroatoms. The van der Waals surface area contributed by atoms with Gasteiger partial charge in [0.25, 0.3) is 5.91 Å². The smallest absolute Gasteiger partial charge is 0.489 e. The fourth-order valence-electron chi connectivity index (χ4n) is 4.14. The van der Waals surface area contributed by atoms with Gasteiger partial charge in [0.05, 0.1) is 0 Å². The molecule has 4 aromatic rings. The number of aliphatic carboxylic acids is 2. The first-order valence-electron chi connectivity index (χ1n) is 15.1. The number of amides is 2. The van der Waals surface area contributed by atoms with Crippen molar-refractivity contribution in [2.45, 2.75) is 17.7 Å². The Morgan fingerprint density at radius 1 is 0.808 bits per heavy atom. The summed E-state index contributed by atoms with van der Waals surface area (Å²) in [5.41, 5.74) is 7.99. The standard InChI is InChI=1S/C27H28F2N2O4S.C7H7NO.C2HF3O2/c1-30(2)11-12-31(16-26(32)33)27(34)20-6-4-5-18(13-20)17-35-21-9-7-19(8-10-21)22-14-23(28)24(29)15-25(22)36-3;8-7(9)6-4-2-1-3-5-6;3-2(4,5)1(6)7/h4-10,13-15H,11-12,16-17H2,1-3H3,(H,32,33);1-5H,(H2,8,9);(H,6,7). The summed E-state index contributed by atoms with van der Waals surface area (Å²) in [7, 11) is 3.71. The van der Waals surface area contributed by atoms with E-state index in [0.29, 0.717) is 40.4 Å². The van der Waals surface area contributed by atoms with Crippen LogP contribution in [-0.4, -0.2) is 89.9 Å². The number of ether oxygens (including phenoxy) is 1. The van der Waals surface area contributed by atoms with Crippen LogP contribution in [0.4, 0.5) is 22.0 Å². The minimum atomic E-state index is -5.08. The number of alkyl halides is 3. The summed E-state index contributed by atoms with van der Waals surface area (Å²) in [4.78, 5) is 47.3. The summed E-state index contributed by atoms with van der Waals surface area (Å²) in [5.74, 6) is -5.78. The second-order valence-electron chi connectivity index (χ2n) is 10.9. The zero-order valence-corrected chi connectivity index (χ0v) is 29.0. The van der Waals surface area contributed by atoms with Gasteiger partial charge >= 0.3 is 18.1 Å². The average molecular weight is 750 g/mol. The van der Waals surface area contributed by atoms with Crippen molar-refractivity contribution in [3.63, 3.8) is 0 Å². The van der Waals surface area contributed by atoms with Crippen LogP contribution in [0.2, 0.25) is 0 Å². The molecule has 0 aliphatic carbocycles. The lowest BCUT2D eigenvalue weighted by Gasteiger charge is -2.23. The summed E-state index contributed by atoms with van der Waals surface area (Å²) in [6, 6.07) is 25.0. The van der Waals surface area contributed by atoms with E-state index < -0.39 is 29.7 Å². The van der Waals surface area contributed by atoms with Crippen LogP contribution < -0.4 is 10.5 Å². The minimum absolute atomic E-state index is 0.193. The quantitative estimate of drug-likeness (QED) is 0.110. The number of hydrogen-bond acceptors (Lipinski definition) is 7. The van der Waals surface area contributed by atoms with E-state index in [2.05, 4.69) is 0 Å². The molecule has 0 bridgehead atoms. The second kappa shape index (κ2) is 20.4. The third-order valence-electron chi connectivity index (χ3n) is 6.72. The number of primary amides is 1. The Bertz CT molecular complexity index is 1810. The fraction of sp³-hybridized carbons (Fsp3) is 0.222. The van der Waals surface area contributed by atoms with Crippen LogP contribution in [0.3, 0.4) is 0 Å². The summed E-state index contributed by atoms with van der Waals surface area (Å²) in [6.45, 7) is 0.649. The molecule has 4 aromatic carbocycles. The number of nitrogens with two attached hydrogens (primary N) is 1. The van der Waals surface area contributed by atoms with Crippen LogP contribution in [0, 0.1) is 11.6 Å². The van der Waals surface area contributed by atoms with Crippen molar-refractivity contribution in [3.8, 4) is 16.9 Å². The number of carboxylic acid groups (broad SMARTS) is 2. The van der Waals surface area contributed by atoms with E-state index in [1.807, 2.05) is 31.1 Å². The van der Waals surface area contributed by atoms with E-state index >= 15 is 0 Å². The first-order chi connectivity index (χ1) is 24.4. The lowest BCUT2D eigenvalue weighted by molar-refractivity contribution is -0.192. The topological polar surface area (TPSA) is 150 Å². The third kappa shape index (κ3) is 14.4. The molecule has 0 spiro atoms. The van der Waals surface area contributed by atoms with Gasteiger partial charge in [0, 0.05) is 29.1 Å². The molecular weight excluding hydrogens is 713 g/mol. The van der Waals surface area contributed by atoms with Crippen LogP contribution in [0.25, 0.3) is 11.1 Å². The van der Waals surface area contributed by atoms with Crippen molar-refractivity contribution in [2.24, 2.45) is 5.73 Å². The number of halogens is 5. The second-order valence-corrected chi connectivity index (χ2v) is 11.8. The Labute approximate surface area is 300 Å². The number of benzene rings is 4. The number of carboxylic acids is 2. The number of likely N-dealkylation sites (N-methyl/N-ethyl adjacent to an activating group) is 1. The lowest BCUT2D eigenvalue weighted by Crippen LogP contribution is -2.40. The third-order valence-corrected chi connectivity index (χ3v) is 7.50. The highest BCUT2D eigenvalue weighted by Crippen LogP contribution is 2.33. The molecule has 0 saturated carbocycles. The van der Waals surface area contributed by atoms with E-state index in [0.717, 1.165) is 11.1 Å². The lowest BCUT2D eigenvalue weighted by atomic mass is 10.1. The van der Waals surface area contributed by atoms with Gasteiger partial charge in [-0.1, -0.05) is 42.5 Å². The highest BCUT2D eigenvalue weighted by Gasteiger charge is 2.38. The molecule has 0 fully saturated rings. The van der Waals surface area contributed by atoms with E-state index in [4.69, 9.17) is 20.4 Å². The Kier molecular flexibility index (Phi) is 16.7. The van der Waals surface area contributed by atoms with Gasteiger partial charge in [-0.2, -0.15) is 13.2 Å². The van der Waals surface area contributed by atoms with Gasteiger partial charge in [0.2, 0.25) is 5.91 Å². The van der Waals surface area contributed by atoms with Gasteiger partial charge in [0.15, 0.2) is 11.6 Å². The van der Waals surface area contributed by atoms with Crippen molar-refractivity contribution in [2.75, 3.05) is 40.0 Å². The SMILES string of the molecule is CSc1cc(F)c(F)cc1-c1ccc(OCc2cccc(C(=O)N(CCN(C)C)CC(=O)O)c2)cc1.NC(=O)c1ccccc1.O=C(O)C(F)(F)F. The zero-order valence-electron chi connectivity index (χ0n) is 28.2. The maximum absolute atomic E-state index is 13.8. The normalized spacial score (nSPS) is 10.6. The van der Waals surface area contributed by atoms with Crippen molar-refractivity contribution >= 4 is 35.5 Å². The molecule has 0 aromatic heterocycles.